The molecule has 0 aliphatic heterocycles. The number of nitrogens with one attached hydrogen (secondary N) is 1. The highest BCUT2D eigenvalue weighted by Crippen LogP contribution is 2.29. The van der Waals surface area contributed by atoms with Crippen molar-refractivity contribution >= 4 is 71.2 Å². The molecule has 0 aliphatic carbocycles. The SMILES string of the molecule is Cc1cc(Cl)cc(Cl)c1NN=C(Br)C(=O)CBr. The number of hydrogen-bond acceptors (Lipinski definition) is 3. The number of nitrogens with zero attached hydrogens (tertiary/aromatic N) is 1. The minimum absolute atomic E-state index is 0.166. The third kappa shape index (κ3) is 4.25. The second-order valence-corrected chi connectivity index (χ2v) is 5.31. The van der Waals surface area contributed by atoms with E-state index in [1.54, 1.807) is 12.1 Å². The van der Waals surface area contributed by atoms with E-state index in [-0.39, 0.29) is 15.7 Å². The van der Waals surface area contributed by atoms with Crippen molar-refractivity contribution in [2.75, 3.05) is 10.8 Å². The molecule has 0 saturated carbocycles. The van der Waals surface area contributed by atoms with E-state index in [1.165, 1.54) is 0 Å². The summed E-state index contributed by atoms with van der Waals surface area (Å²) in [6, 6.07) is 3.36. The fraction of sp³-hybridized carbons (Fsp3) is 0.200. The molecule has 7 heteroatoms. The van der Waals surface area contributed by atoms with Crippen LogP contribution in [-0.4, -0.2) is 15.7 Å². The van der Waals surface area contributed by atoms with Gasteiger partial charge in [-0.3, -0.25) is 10.2 Å². The predicted molar refractivity (Wildman–Crippen MR) is 80.0 cm³/mol. The molecule has 0 heterocycles. The highest BCUT2D eigenvalue weighted by atomic mass is 79.9. The molecule has 1 N–H and O–H groups in total. The maximum absolute atomic E-state index is 11.2. The van der Waals surface area contributed by atoms with Gasteiger partial charge in [-0.2, -0.15) is 5.10 Å². The normalized spacial score (nSPS) is 11.5. The Hall–Kier alpha value is -0.100. The van der Waals surface area contributed by atoms with Crippen LogP contribution >= 0.6 is 55.1 Å². The van der Waals surface area contributed by atoms with E-state index in [0.717, 1.165) is 5.56 Å². The number of halogens is 4. The van der Waals surface area contributed by atoms with Gasteiger partial charge in [-0.25, -0.2) is 0 Å². The second kappa shape index (κ2) is 6.73. The molecule has 3 nitrogen and oxygen atoms in total. The molecule has 1 rings (SSSR count). The van der Waals surface area contributed by atoms with Crippen molar-refractivity contribution in [3.63, 3.8) is 0 Å². The van der Waals surface area contributed by atoms with Gasteiger partial charge < -0.3 is 0 Å². The van der Waals surface area contributed by atoms with Crippen molar-refractivity contribution in [3.8, 4) is 0 Å². The molecular weight excluding hydrogens is 395 g/mol. The largest absolute Gasteiger partial charge is 0.291 e. The lowest BCUT2D eigenvalue weighted by molar-refractivity contribution is -0.110. The molecule has 0 atom stereocenters. The summed E-state index contributed by atoms with van der Waals surface area (Å²) < 4.78 is 0.194. The maximum Gasteiger partial charge on any atom is 0.200 e. The van der Waals surface area contributed by atoms with Gasteiger partial charge in [-0.05, 0) is 40.5 Å². The Kier molecular flexibility index (Phi) is 5.92. The Balaban J connectivity index is 2.93. The van der Waals surface area contributed by atoms with Gasteiger partial charge in [-0.1, -0.05) is 39.1 Å². The first-order valence-electron chi connectivity index (χ1n) is 4.49. The summed E-state index contributed by atoms with van der Waals surface area (Å²) in [5.74, 6) is -0.166. The number of benzene rings is 1. The van der Waals surface area contributed by atoms with Gasteiger partial charge in [0, 0.05) is 5.02 Å². The van der Waals surface area contributed by atoms with Crippen LogP contribution in [0.15, 0.2) is 17.2 Å². The Bertz CT molecular complexity index is 454. The molecule has 1 aromatic carbocycles. The molecule has 0 fully saturated rings. The topological polar surface area (TPSA) is 41.5 Å². The molecule has 0 unspecified atom stereocenters. The van der Waals surface area contributed by atoms with Crippen LogP contribution < -0.4 is 5.43 Å². The zero-order valence-corrected chi connectivity index (χ0v) is 13.4. The third-order valence-electron chi connectivity index (χ3n) is 1.87. The molecule has 0 radical (unpaired) electrons. The Morgan fingerprint density at radius 3 is 2.65 bits per heavy atom. The number of rotatable bonds is 4. The van der Waals surface area contributed by atoms with E-state index in [9.17, 15) is 4.79 Å². The van der Waals surface area contributed by atoms with Gasteiger partial charge >= 0.3 is 0 Å². The van der Waals surface area contributed by atoms with Crippen molar-refractivity contribution in [1.29, 1.82) is 0 Å². The number of aryl methyl sites for hydroxylation is 1. The van der Waals surface area contributed by atoms with Crippen molar-refractivity contribution in [2.45, 2.75) is 6.92 Å². The van der Waals surface area contributed by atoms with Gasteiger partial charge in [0.25, 0.3) is 0 Å². The average molecular weight is 403 g/mol. The van der Waals surface area contributed by atoms with Crippen molar-refractivity contribution in [1.82, 2.24) is 0 Å². The number of ketones is 1. The summed E-state index contributed by atoms with van der Waals surface area (Å²) in [7, 11) is 0. The number of hydrogen-bond donors (Lipinski definition) is 1. The number of alkyl halides is 1. The minimum atomic E-state index is -0.166. The number of hydrazone groups is 1. The molecule has 0 aliphatic rings. The summed E-state index contributed by atoms with van der Waals surface area (Å²) >= 11 is 18.0. The van der Waals surface area contributed by atoms with Crippen LogP contribution in [-0.2, 0) is 4.79 Å². The molecule has 0 spiro atoms. The first-order valence-corrected chi connectivity index (χ1v) is 7.16. The van der Waals surface area contributed by atoms with Crippen LogP contribution in [0.3, 0.4) is 0 Å². The van der Waals surface area contributed by atoms with E-state index < -0.39 is 0 Å². The highest BCUT2D eigenvalue weighted by Gasteiger charge is 2.08. The monoisotopic (exact) mass is 400 g/mol. The Morgan fingerprint density at radius 1 is 1.47 bits per heavy atom. The predicted octanol–water partition coefficient (Wildman–Crippen LogP) is 4.39. The number of carbonyl (C=O) groups excluding carboxylic acids is 1. The van der Waals surface area contributed by atoms with E-state index >= 15 is 0 Å². The third-order valence-corrected chi connectivity index (χ3v) is 3.51. The van der Waals surface area contributed by atoms with Gasteiger partial charge in [0.05, 0.1) is 16.0 Å². The number of anilines is 1. The Labute approximate surface area is 126 Å². The zero-order chi connectivity index (χ0) is 13.0. The lowest BCUT2D eigenvalue weighted by Crippen LogP contribution is -2.10. The second-order valence-electron chi connectivity index (χ2n) is 3.15. The van der Waals surface area contributed by atoms with Crippen LogP contribution in [0.25, 0.3) is 0 Å². The van der Waals surface area contributed by atoms with Gasteiger partial charge in [0.15, 0.2) is 4.62 Å². The van der Waals surface area contributed by atoms with E-state index in [0.29, 0.717) is 15.7 Å². The van der Waals surface area contributed by atoms with E-state index in [4.69, 9.17) is 23.2 Å². The smallest absolute Gasteiger partial charge is 0.200 e. The van der Waals surface area contributed by atoms with Crippen LogP contribution in [0, 0.1) is 6.92 Å². The maximum atomic E-state index is 11.2. The molecule has 17 heavy (non-hydrogen) atoms. The number of carbonyl (C=O) groups is 1. The molecule has 0 amide bonds. The molecule has 1 aromatic rings. The average Bonchev–Trinajstić information content (AvgIpc) is 2.26. The van der Waals surface area contributed by atoms with Crippen LogP contribution in [0.5, 0.6) is 0 Å². The van der Waals surface area contributed by atoms with Crippen molar-refractivity contribution in [3.05, 3.63) is 27.7 Å². The van der Waals surface area contributed by atoms with Crippen LogP contribution in [0.4, 0.5) is 5.69 Å². The Morgan fingerprint density at radius 2 is 2.12 bits per heavy atom. The van der Waals surface area contributed by atoms with Gasteiger partial charge in [-0.15, -0.1) is 0 Å². The highest BCUT2D eigenvalue weighted by molar-refractivity contribution is 9.19. The lowest BCUT2D eigenvalue weighted by atomic mass is 10.2. The van der Waals surface area contributed by atoms with E-state index in [2.05, 4.69) is 42.4 Å². The van der Waals surface area contributed by atoms with Crippen LogP contribution in [0.2, 0.25) is 10.0 Å². The molecule has 0 aromatic heterocycles. The summed E-state index contributed by atoms with van der Waals surface area (Å²) in [4.78, 5) is 11.2. The first kappa shape index (κ1) is 15.0. The summed E-state index contributed by atoms with van der Waals surface area (Å²) in [6.07, 6.45) is 0. The molecule has 0 bridgehead atoms. The van der Waals surface area contributed by atoms with E-state index in [1.807, 2.05) is 6.92 Å². The summed E-state index contributed by atoms with van der Waals surface area (Å²) in [5, 5.41) is 5.10. The zero-order valence-electron chi connectivity index (χ0n) is 8.73. The molecule has 92 valence electrons. The quantitative estimate of drug-likeness (QED) is 0.461. The molecular formula is C10H8Br2Cl2N2O. The standard InChI is InChI=1S/C10H8Br2Cl2N2O/c1-5-2-6(13)3-7(14)9(5)15-16-10(12)8(17)4-11/h2-3,15H,4H2,1H3. The fourth-order valence-corrected chi connectivity index (χ4v) is 2.57. The summed E-state index contributed by atoms with van der Waals surface area (Å²) in [5.41, 5.74) is 4.20. The first-order chi connectivity index (χ1) is 7.95. The number of Topliss-reactive ketones (excluding diaryl/α,β-unsaturated/α-hetero) is 1. The van der Waals surface area contributed by atoms with Crippen molar-refractivity contribution in [2.24, 2.45) is 5.10 Å². The van der Waals surface area contributed by atoms with Crippen LogP contribution in [0.1, 0.15) is 5.56 Å². The minimum Gasteiger partial charge on any atom is -0.291 e. The van der Waals surface area contributed by atoms with Gasteiger partial charge in [0.2, 0.25) is 5.78 Å². The fourth-order valence-electron chi connectivity index (χ4n) is 1.07. The lowest BCUT2D eigenvalue weighted by Gasteiger charge is -2.08. The van der Waals surface area contributed by atoms with Gasteiger partial charge in [0.1, 0.15) is 0 Å². The van der Waals surface area contributed by atoms with Crippen molar-refractivity contribution < 1.29 is 4.79 Å². The molecule has 0 saturated heterocycles. The summed E-state index contributed by atoms with van der Waals surface area (Å²) in [6.45, 7) is 1.84.